The van der Waals surface area contributed by atoms with Crippen molar-refractivity contribution in [3.8, 4) is 5.75 Å². The van der Waals surface area contributed by atoms with Crippen LogP contribution in [0.5, 0.6) is 5.75 Å². The molecule has 0 radical (unpaired) electrons. The highest BCUT2D eigenvalue weighted by Gasteiger charge is 2.20. The number of carbonyl (C=O) groups is 1. The van der Waals surface area contributed by atoms with E-state index in [4.69, 9.17) is 5.11 Å². The second-order valence-electron chi connectivity index (χ2n) is 4.34. The highest BCUT2D eigenvalue weighted by Crippen LogP contribution is 2.20. The number of aliphatic hydroxyl groups is 1. The fourth-order valence-corrected chi connectivity index (χ4v) is 1.68. The van der Waals surface area contributed by atoms with Crippen molar-refractivity contribution in [2.75, 3.05) is 13.2 Å². The Morgan fingerprint density at radius 1 is 1.41 bits per heavy atom. The standard InChI is InChI=1S/C13H19NO3/c1-9(2)14(6-7-15)13(17)11-8-10(3)4-5-12(11)16/h4-5,8-9,15-16H,6-7H2,1-3H3. The van der Waals surface area contributed by atoms with Gasteiger partial charge in [-0.05, 0) is 32.9 Å². The summed E-state index contributed by atoms with van der Waals surface area (Å²) < 4.78 is 0. The number of benzene rings is 1. The van der Waals surface area contributed by atoms with Crippen LogP contribution in [0.1, 0.15) is 29.8 Å². The minimum atomic E-state index is -0.254. The summed E-state index contributed by atoms with van der Waals surface area (Å²) in [5, 5.41) is 18.6. The molecule has 0 spiro atoms. The first kappa shape index (κ1) is 13.5. The summed E-state index contributed by atoms with van der Waals surface area (Å²) in [4.78, 5) is 13.7. The van der Waals surface area contributed by atoms with Crippen LogP contribution in [0.2, 0.25) is 0 Å². The van der Waals surface area contributed by atoms with E-state index in [-0.39, 0.29) is 36.4 Å². The molecule has 1 aromatic carbocycles. The summed E-state index contributed by atoms with van der Waals surface area (Å²) in [6.07, 6.45) is 0. The molecule has 1 aromatic rings. The topological polar surface area (TPSA) is 60.8 Å². The highest BCUT2D eigenvalue weighted by molar-refractivity contribution is 5.97. The molecule has 94 valence electrons. The quantitative estimate of drug-likeness (QED) is 0.835. The van der Waals surface area contributed by atoms with Crippen LogP contribution in [-0.2, 0) is 0 Å². The first-order chi connectivity index (χ1) is 7.97. The average molecular weight is 237 g/mol. The van der Waals surface area contributed by atoms with Crippen molar-refractivity contribution < 1.29 is 15.0 Å². The van der Waals surface area contributed by atoms with Crippen LogP contribution in [0, 0.1) is 6.92 Å². The summed E-state index contributed by atoms with van der Waals surface area (Å²) >= 11 is 0. The van der Waals surface area contributed by atoms with Crippen molar-refractivity contribution >= 4 is 5.91 Å². The molecule has 0 saturated heterocycles. The molecule has 0 aliphatic carbocycles. The average Bonchev–Trinajstić information content (AvgIpc) is 2.28. The van der Waals surface area contributed by atoms with E-state index in [1.807, 2.05) is 20.8 Å². The van der Waals surface area contributed by atoms with Crippen molar-refractivity contribution in [2.45, 2.75) is 26.8 Å². The molecule has 2 N–H and O–H groups in total. The Labute approximate surface area is 101 Å². The lowest BCUT2D eigenvalue weighted by Gasteiger charge is -2.26. The minimum absolute atomic E-state index is 0.0189. The van der Waals surface area contributed by atoms with Gasteiger partial charge in [-0.3, -0.25) is 4.79 Å². The zero-order chi connectivity index (χ0) is 13.0. The minimum Gasteiger partial charge on any atom is -0.507 e. The van der Waals surface area contributed by atoms with Gasteiger partial charge >= 0.3 is 0 Å². The molecule has 0 atom stereocenters. The van der Waals surface area contributed by atoms with Crippen LogP contribution in [0.25, 0.3) is 0 Å². The van der Waals surface area contributed by atoms with Crippen LogP contribution in [-0.4, -0.2) is 40.2 Å². The Bertz CT molecular complexity index is 402. The van der Waals surface area contributed by atoms with Crippen LogP contribution in [0.4, 0.5) is 0 Å². The number of aryl methyl sites for hydroxylation is 1. The number of amides is 1. The third kappa shape index (κ3) is 3.20. The third-order valence-corrected chi connectivity index (χ3v) is 2.61. The van der Waals surface area contributed by atoms with Crippen LogP contribution >= 0.6 is 0 Å². The van der Waals surface area contributed by atoms with E-state index in [0.717, 1.165) is 5.56 Å². The fourth-order valence-electron chi connectivity index (χ4n) is 1.68. The van der Waals surface area contributed by atoms with Gasteiger partial charge in [0.25, 0.3) is 5.91 Å². The van der Waals surface area contributed by atoms with Crippen LogP contribution in [0.15, 0.2) is 18.2 Å². The van der Waals surface area contributed by atoms with Gasteiger partial charge in [0, 0.05) is 12.6 Å². The van der Waals surface area contributed by atoms with Gasteiger partial charge in [0.05, 0.1) is 12.2 Å². The lowest BCUT2D eigenvalue weighted by atomic mass is 10.1. The number of aliphatic hydroxyl groups excluding tert-OH is 1. The number of phenolic OH excluding ortho intramolecular Hbond substituents is 1. The maximum atomic E-state index is 12.2. The zero-order valence-corrected chi connectivity index (χ0v) is 10.5. The monoisotopic (exact) mass is 237 g/mol. The maximum absolute atomic E-state index is 12.2. The van der Waals surface area contributed by atoms with Gasteiger partial charge in [-0.25, -0.2) is 0 Å². The van der Waals surface area contributed by atoms with Crippen molar-refractivity contribution in [3.05, 3.63) is 29.3 Å². The van der Waals surface area contributed by atoms with E-state index in [0.29, 0.717) is 0 Å². The normalized spacial score (nSPS) is 10.6. The van der Waals surface area contributed by atoms with E-state index < -0.39 is 0 Å². The molecule has 0 unspecified atom stereocenters. The van der Waals surface area contributed by atoms with E-state index >= 15 is 0 Å². The predicted octanol–water partition coefficient (Wildman–Crippen LogP) is 1.54. The van der Waals surface area contributed by atoms with Crippen molar-refractivity contribution in [1.82, 2.24) is 4.90 Å². The SMILES string of the molecule is Cc1ccc(O)c(C(=O)N(CCO)C(C)C)c1. The number of aromatic hydroxyl groups is 1. The molecule has 1 amide bonds. The van der Waals surface area contributed by atoms with E-state index in [9.17, 15) is 9.90 Å². The Balaban J connectivity index is 3.04. The van der Waals surface area contributed by atoms with Gasteiger partial charge in [-0.2, -0.15) is 0 Å². The Morgan fingerprint density at radius 3 is 2.59 bits per heavy atom. The van der Waals surface area contributed by atoms with Crippen LogP contribution in [0.3, 0.4) is 0 Å². The number of rotatable bonds is 4. The van der Waals surface area contributed by atoms with Crippen LogP contribution < -0.4 is 0 Å². The van der Waals surface area contributed by atoms with Gasteiger partial charge in [-0.15, -0.1) is 0 Å². The van der Waals surface area contributed by atoms with Gasteiger partial charge < -0.3 is 15.1 Å². The number of carbonyl (C=O) groups excluding carboxylic acids is 1. The highest BCUT2D eigenvalue weighted by atomic mass is 16.3. The lowest BCUT2D eigenvalue weighted by Crippen LogP contribution is -2.39. The van der Waals surface area contributed by atoms with Crippen molar-refractivity contribution in [3.63, 3.8) is 0 Å². The molecular weight excluding hydrogens is 218 g/mol. The lowest BCUT2D eigenvalue weighted by molar-refractivity contribution is 0.0662. The molecule has 0 aliphatic rings. The largest absolute Gasteiger partial charge is 0.507 e. The molecule has 0 saturated carbocycles. The number of phenols is 1. The van der Waals surface area contributed by atoms with Gasteiger partial charge in [-0.1, -0.05) is 11.6 Å². The Morgan fingerprint density at radius 2 is 2.06 bits per heavy atom. The molecule has 4 nitrogen and oxygen atoms in total. The fraction of sp³-hybridized carbons (Fsp3) is 0.462. The summed E-state index contributed by atoms with van der Waals surface area (Å²) in [7, 11) is 0. The summed E-state index contributed by atoms with van der Waals surface area (Å²) in [6.45, 7) is 5.79. The molecule has 0 heterocycles. The van der Waals surface area contributed by atoms with E-state index in [1.54, 1.807) is 12.1 Å². The maximum Gasteiger partial charge on any atom is 0.257 e. The predicted molar refractivity (Wildman–Crippen MR) is 66.1 cm³/mol. The first-order valence-corrected chi connectivity index (χ1v) is 5.68. The number of hydrogen-bond acceptors (Lipinski definition) is 3. The molecule has 0 aromatic heterocycles. The molecule has 1 rings (SSSR count). The number of hydrogen-bond donors (Lipinski definition) is 2. The Hall–Kier alpha value is -1.55. The summed E-state index contributed by atoms with van der Waals surface area (Å²) in [5.41, 5.74) is 1.20. The molecule has 0 fully saturated rings. The van der Waals surface area contributed by atoms with E-state index in [1.165, 1.54) is 11.0 Å². The third-order valence-electron chi connectivity index (χ3n) is 2.61. The Kier molecular flexibility index (Phi) is 4.52. The van der Waals surface area contributed by atoms with Crippen molar-refractivity contribution in [1.29, 1.82) is 0 Å². The summed E-state index contributed by atoms with van der Waals surface area (Å²) in [5.74, 6) is -0.278. The molecule has 4 heteroatoms. The molecular formula is C13H19NO3. The van der Waals surface area contributed by atoms with E-state index in [2.05, 4.69) is 0 Å². The smallest absolute Gasteiger partial charge is 0.257 e. The van der Waals surface area contributed by atoms with Gasteiger partial charge in [0.15, 0.2) is 0 Å². The number of nitrogens with zero attached hydrogens (tertiary/aromatic N) is 1. The first-order valence-electron chi connectivity index (χ1n) is 5.68. The summed E-state index contributed by atoms with van der Waals surface area (Å²) in [6, 6.07) is 4.90. The second-order valence-corrected chi connectivity index (χ2v) is 4.34. The van der Waals surface area contributed by atoms with Gasteiger partial charge in [0.1, 0.15) is 5.75 Å². The molecule has 17 heavy (non-hydrogen) atoms. The van der Waals surface area contributed by atoms with Gasteiger partial charge in [0.2, 0.25) is 0 Å². The zero-order valence-electron chi connectivity index (χ0n) is 10.5. The second kappa shape index (κ2) is 5.68. The molecule has 0 aliphatic heterocycles. The molecule has 0 bridgehead atoms. The van der Waals surface area contributed by atoms with Crippen molar-refractivity contribution in [2.24, 2.45) is 0 Å².